The first-order valence-electron chi connectivity index (χ1n) is 11.7. The van der Waals surface area contributed by atoms with Crippen molar-refractivity contribution in [2.75, 3.05) is 13.2 Å². The molecule has 186 valence electrons. The normalized spacial score (nSPS) is 10.7. The number of esters is 1. The summed E-state index contributed by atoms with van der Waals surface area (Å²) in [4.78, 5) is 36.8. The quantitative estimate of drug-likeness (QED) is 0.156. The van der Waals surface area contributed by atoms with Gasteiger partial charge >= 0.3 is 5.97 Å². The summed E-state index contributed by atoms with van der Waals surface area (Å²) in [5.74, 6) is -0.247. The van der Waals surface area contributed by atoms with Crippen LogP contribution in [0.3, 0.4) is 0 Å². The summed E-state index contributed by atoms with van der Waals surface area (Å²) in [6.45, 7) is 2.18. The van der Waals surface area contributed by atoms with Gasteiger partial charge in [0.1, 0.15) is 11.5 Å². The molecule has 0 aliphatic heterocycles. The van der Waals surface area contributed by atoms with E-state index in [1.165, 1.54) is 6.21 Å². The molecule has 0 fully saturated rings. The number of hydrogen-bond acceptors (Lipinski definition) is 6. The average Bonchev–Trinajstić information content (AvgIpc) is 2.93. The van der Waals surface area contributed by atoms with E-state index in [1.807, 2.05) is 43.3 Å². The second-order valence-electron chi connectivity index (χ2n) is 7.92. The fraction of sp³-hybridized carbons (Fsp3) is 0.103. The Morgan fingerprint density at radius 2 is 1.54 bits per heavy atom. The minimum atomic E-state index is -0.476. The molecule has 0 radical (unpaired) electrons. The van der Waals surface area contributed by atoms with Crippen molar-refractivity contribution in [1.29, 1.82) is 0 Å². The number of benzene rings is 4. The molecular formula is C29H25N3O5. The Kier molecular flexibility index (Phi) is 8.23. The van der Waals surface area contributed by atoms with E-state index >= 15 is 0 Å². The fourth-order valence-electron chi connectivity index (χ4n) is 3.54. The number of nitrogens with one attached hydrogen (secondary N) is 2. The van der Waals surface area contributed by atoms with E-state index in [1.54, 1.807) is 54.6 Å². The first-order chi connectivity index (χ1) is 18.0. The maximum absolute atomic E-state index is 12.7. The standard InChI is InChI=1S/C29H25N3O5/c1-2-36-23-16-12-22(13-17-23)28(34)30-19-27(33)32-31-18-20-10-14-24(15-11-20)37-29(35)26-9-5-7-21-6-3-4-8-25(21)26/h3-18H,2,19H2,1H3,(H,30,34)(H,32,33). The Balaban J connectivity index is 1.25. The van der Waals surface area contributed by atoms with Gasteiger partial charge < -0.3 is 14.8 Å². The van der Waals surface area contributed by atoms with Crippen LogP contribution >= 0.6 is 0 Å². The number of nitrogens with zero attached hydrogens (tertiary/aromatic N) is 1. The van der Waals surface area contributed by atoms with E-state index in [-0.39, 0.29) is 12.5 Å². The van der Waals surface area contributed by atoms with Crippen molar-refractivity contribution in [2.24, 2.45) is 5.10 Å². The molecule has 4 rings (SSSR count). The highest BCUT2D eigenvalue weighted by atomic mass is 16.5. The highest BCUT2D eigenvalue weighted by molar-refractivity contribution is 6.05. The lowest BCUT2D eigenvalue weighted by Gasteiger charge is -2.07. The van der Waals surface area contributed by atoms with E-state index in [0.717, 1.165) is 10.8 Å². The summed E-state index contributed by atoms with van der Waals surface area (Å²) in [6.07, 6.45) is 1.45. The predicted octanol–water partition coefficient (Wildman–Crippen LogP) is 4.34. The van der Waals surface area contributed by atoms with E-state index < -0.39 is 11.9 Å². The van der Waals surface area contributed by atoms with Crippen molar-refractivity contribution in [1.82, 2.24) is 10.7 Å². The Labute approximate surface area is 213 Å². The van der Waals surface area contributed by atoms with Crippen LogP contribution in [0.4, 0.5) is 0 Å². The zero-order chi connectivity index (χ0) is 26.0. The van der Waals surface area contributed by atoms with Crippen LogP contribution in [0, 0.1) is 0 Å². The molecule has 4 aromatic carbocycles. The molecule has 0 aliphatic carbocycles. The van der Waals surface area contributed by atoms with Crippen molar-refractivity contribution in [3.05, 3.63) is 108 Å². The molecule has 0 atom stereocenters. The zero-order valence-corrected chi connectivity index (χ0v) is 20.1. The predicted molar refractivity (Wildman–Crippen MR) is 141 cm³/mol. The topological polar surface area (TPSA) is 106 Å². The molecule has 0 saturated carbocycles. The largest absolute Gasteiger partial charge is 0.494 e. The minimum Gasteiger partial charge on any atom is -0.494 e. The lowest BCUT2D eigenvalue weighted by Crippen LogP contribution is -2.34. The monoisotopic (exact) mass is 495 g/mol. The molecular weight excluding hydrogens is 470 g/mol. The number of hydrazone groups is 1. The third-order valence-electron chi connectivity index (χ3n) is 5.34. The fourth-order valence-corrected chi connectivity index (χ4v) is 3.54. The van der Waals surface area contributed by atoms with Gasteiger partial charge in [0.2, 0.25) is 0 Å². The van der Waals surface area contributed by atoms with Crippen LogP contribution in [-0.2, 0) is 4.79 Å². The summed E-state index contributed by atoms with van der Waals surface area (Å²) >= 11 is 0. The molecule has 8 nitrogen and oxygen atoms in total. The Morgan fingerprint density at radius 1 is 0.838 bits per heavy atom. The molecule has 0 bridgehead atoms. The van der Waals surface area contributed by atoms with Crippen molar-refractivity contribution in [3.8, 4) is 11.5 Å². The van der Waals surface area contributed by atoms with Gasteiger partial charge in [0, 0.05) is 5.56 Å². The molecule has 8 heteroatoms. The van der Waals surface area contributed by atoms with Gasteiger partial charge in [-0.3, -0.25) is 9.59 Å². The Bertz CT molecular complexity index is 1430. The molecule has 0 heterocycles. The smallest absolute Gasteiger partial charge is 0.344 e. The lowest BCUT2D eigenvalue weighted by atomic mass is 10.0. The third-order valence-corrected chi connectivity index (χ3v) is 5.34. The second-order valence-corrected chi connectivity index (χ2v) is 7.92. The molecule has 0 aliphatic rings. The number of carbonyl (C=O) groups is 3. The van der Waals surface area contributed by atoms with Crippen molar-refractivity contribution < 1.29 is 23.9 Å². The molecule has 0 spiro atoms. The van der Waals surface area contributed by atoms with Crippen LogP contribution in [0.2, 0.25) is 0 Å². The molecule has 37 heavy (non-hydrogen) atoms. The molecule has 0 aromatic heterocycles. The van der Waals surface area contributed by atoms with Gasteiger partial charge in [0.15, 0.2) is 0 Å². The van der Waals surface area contributed by atoms with Crippen LogP contribution in [0.15, 0.2) is 96.1 Å². The van der Waals surface area contributed by atoms with Gasteiger partial charge in [-0.05, 0) is 77.9 Å². The number of amides is 2. The second kappa shape index (κ2) is 12.1. The SMILES string of the molecule is CCOc1ccc(C(=O)NCC(=O)NN=Cc2ccc(OC(=O)c3cccc4ccccc34)cc2)cc1. The number of carbonyl (C=O) groups excluding carboxylic acids is 3. The van der Waals surface area contributed by atoms with Crippen molar-refractivity contribution in [2.45, 2.75) is 6.92 Å². The zero-order valence-electron chi connectivity index (χ0n) is 20.1. The van der Waals surface area contributed by atoms with Crippen LogP contribution < -0.4 is 20.2 Å². The minimum absolute atomic E-state index is 0.230. The highest BCUT2D eigenvalue weighted by Gasteiger charge is 2.12. The summed E-state index contributed by atoms with van der Waals surface area (Å²) in [5, 5.41) is 8.22. The average molecular weight is 496 g/mol. The van der Waals surface area contributed by atoms with E-state index in [4.69, 9.17) is 9.47 Å². The summed E-state index contributed by atoms with van der Waals surface area (Å²) in [5.41, 5.74) is 3.95. The van der Waals surface area contributed by atoms with E-state index in [9.17, 15) is 14.4 Å². The van der Waals surface area contributed by atoms with Gasteiger partial charge in [-0.25, -0.2) is 10.2 Å². The number of rotatable bonds is 9. The molecule has 0 saturated heterocycles. The van der Waals surface area contributed by atoms with Crippen molar-refractivity contribution in [3.63, 3.8) is 0 Å². The number of fused-ring (bicyclic) bond motifs is 1. The summed E-state index contributed by atoms with van der Waals surface area (Å²) < 4.78 is 10.9. The number of ether oxygens (including phenoxy) is 2. The van der Waals surface area contributed by atoms with Crippen LogP contribution in [0.5, 0.6) is 11.5 Å². The van der Waals surface area contributed by atoms with Gasteiger partial charge in [-0.2, -0.15) is 5.10 Å². The Hall–Kier alpha value is -4.98. The van der Waals surface area contributed by atoms with Gasteiger partial charge in [0.05, 0.1) is 24.9 Å². The molecule has 2 amide bonds. The first kappa shape index (κ1) is 25.1. The maximum atomic E-state index is 12.7. The van der Waals surface area contributed by atoms with E-state index in [0.29, 0.717) is 34.8 Å². The van der Waals surface area contributed by atoms with Gasteiger partial charge in [0.25, 0.3) is 11.8 Å². The third kappa shape index (κ3) is 6.79. The molecule has 2 N–H and O–H groups in total. The maximum Gasteiger partial charge on any atom is 0.344 e. The van der Waals surface area contributed by atoms with Crippen LogP contribution in [0.1, 0.15) is 33.2 Å². The van der Waals surface area contributed by atoms with Gasteiger partial charge in [-0.15, -0.1) is 0 Å². The summed E-state index contributed by atoms with van der Waals surface area (Å²) in [7, 11) is 0. The Morgan fingerprint density at radius 3 is 2.30 bits per heavy atom. The first-order valence-corrected chi connectivity index (χ1v) is 11.7. The van der Waals surface area contributed by atoms with Crippen LogP contribution in [0.25, 0.3) is 10.8 Å². The molecule has 0 unspecified atom stereocenters. The van der Waals surface area contributed by atoms with Gasteiger partial charge in [-0.1, -0.05) is 36.4 Å². The molecule has 4 aromatic rings. The van der Waals surface area contributed by atoms with Crippen molar-refractivity contribution >= 4 is 34.8 Å². The highest BCUT2D eigenvalue weighted by Crippen LogP contribution is 2.21. The lowest BCUT2D eigenvalue weighted by molar-refractivity contribution is -0.120. The summed E-state index contributed by atoms with van der Waals surface area (Å²) in [6, 6.07) is 26.4. The number of hydrogen-bond donors (Lipinski definition) is 2. The van der Waals surface area contributed by atoms with E-state index in [2.05, 4.69) is 15.8 Å². The van der Waals surface area contributed by atoms with Crippen LogP contribution in [-0.4, -0.2) is 37.1 Å².